The summed E-state index contributed by atoms with van der Waals surface area (Å²) in [4.78, 5) is 100.0. The molecule has 23 heteroatoms. The first-order valence-electron chi connectivity index (χ1n) is 40.4. The molecule has 12 heterocycles. The highest BCUT2D eigenvalue weighted by atomic mass is 35.5. The number of Topliss-reactive ketones (excluding diaryl/α,β-unsaturated/α-hetero) is 3. The molecule has 12 fully saturated rings. The van der Waals surface area contributed by atoms with Gasteiger partial charge < -0.3 is 25.0 Å². The molecule has 12 saturated heterocycles. The van der Waals surface area contributed by atoms with Crippen LogP contribution in [-0.2, 0) is 19.2 Å². The Balaban J connectivity index is 0.000000190. The Morgan fingerprint density at radius 2 is 0.728 bits per heavy atom. The standard InChI is InChI=1S/C20H26FNO3.C16H20FNO.C16H18FNO.C15H18FNO.C12H20N2O2.C10H15NO2.2CH4.2ClH/c1-20(2,3)25-19(24)22-14-8-9-15(22)11-13(10-14)12-18(23)16-6-4-5-7-17(16)21;2*1-18-12-6-7-13(18)9-11(8-12)10-16(19)14-4-2-3-5-15(14)17;16-14-4-2-1-3-13(14)15(18)9-10-7-11-5-6-12(8-10)17-11;1-13-10-4-5-11(13)7-9(6-10)8-12(15)14(2)16-3;1-11-8-2-3-9(11)5-7(4-8)6-10(12)13;;;;/h4-7,13-15H,8-12H2,1-3H3;2-5,11-13H,6-10H2,1H3;2-5,10,12-13H,6-9H2,1H3;1-4,10-12,17H,5-9H2;8,10-11H,4-7H2,1-3H3;6,8-9H,2-5H2,1H3,(H,12,13);2*1H4;2*1H. The number of carboxylic acid groups (broad SMARTS) is 1. The molecule has 12 aliphatic rings. The fourth-order valence-electron chi connectivity index (χ4n) is 19.9. The zero-order valence-corrected chi connectivity index (χ0v) is 68.5. The van der Waals surface area contributed by atoms with Gasteiger partial charge in [0.2, 0.25) is 0 Å². The summed E-state index contributed by atoms with van der Waals surface area (Å²) in [5, 5.41) is 13.5. The second-order valence-corrected chi connectivity index (χ2v) is 34.3. The number of piperidine rings is 6. The van der Waals surface area contributed by atoms with Crippen LogP contribution < -0.4 is 5.32 Å². The lowest BCUT2D eigenvalue weighted by atomic mass is 9.85. The molecular formula is C91H127Cl2F4N7O10. The van der Waals surface area contributed by atoms with Crippen molar-refractivity contribution in [1.29, 1.82) is 0 Å². The van der Waals surface area contributed by atoms with Gasteiger partial charge in [-0.15, -0.1) is 24.8 Å². The second kappa shape index (κ2) is 43.0. The van der Waals surface area contributed by atoms with E-state index >= 15 is 0 Å². The van der Waals surface area contributed by atoms with Crippen LogP contribution in [0.15, 0.2) is 132 Å². The number of ether oxygens (including phenoxy) is 1. The number of nitrogens with one attached hydrogen (secondary N) is 1. The summed E-state index contributed by atoms with van der Waals surface area (Å²) in [6.07, 6.45) is 32.0. The lowest BCUT2D eigenvalue weighted by Crippen LogP contribution is -2.48. The predicted octanol–water partition coefficient (Wildman–Crippen LogP) is 18.5. The van der Waals surface area contributed by atoms with E-state index in [0.29, 0.717) is 91.5 Å². The number of nitrogens with zero attached hydrogens (tertiary/aromatic N) is 6. The minimum atomic E-state index is -0.793. The first-order chi connectivity index (χ1) is 52.5. The summed E-state index contributed by atoms with van der Waals surface area (Å²) in [6.45, 7) is 5.60. The van der Waals surface area contributed by atoms with Crippen LogP contribution in [0.25, 0.3) is 0 Å². The summed E-state index contributed by atoms with van der Waals surface area (Å²) in [5.41, 5.74) is 3.94. The van der Waals surface area contributed by atoms with Crippen LogP contribution in [-0.4, -0.2) is 196 Å². The Morgan fingerprint density at radius 3 is 1.06 bits per heavy atom. The number of aliphatic carboxylic acids is 1. The van der Waals surface area contributed by atoms with Crippen LogP contribution in [0.4, 0.5) is 22.4 Å². The van der Waals surface area contributed by atoms with Gasteiger partial charge in [-0.25, -0.2) is 32.2 Å². The highest BCUT2D eigenvalue weighted by Crippen LogP contribution is 2.44. The number of fused-ring (bicyclic) bond motifs is 12. The summed E-state index contributed by atoms with van der Waals surface area (Å²) in [5.74, 6) is -1.87. The number of amides is 2. The van der Waals surface area contributed by atoms with E-state index in [1.54, 1.807) is 92.0 Å². The molecule has 0 saturated carbocycles. The van der Waals surface area contributed by atoms with Gasteiger partial charge in [0.25, 0.3) is 5.91 Å². The van der Waals surface area contributed by atoms with Gasteiger partial charge in [0.05, 0.1) is 29.4 Å². The van der Waals surface area contributed by atoms with Gasteiger partial charge in [-0.05, 0) is 275 Å². The maximum Gasteiger partial charge on any atom is 0.410 e. The highest BCUT2D eigenvalue weighted by molar-refractivity contribution is 6.05. The molecule has 12 bridgehead atoms. The molecule has 16 rings (SSSR count). The van der Waals surface area contributed by atoms with Gasteiger partial charge in [-0.3, -0.25) is 43.5 Å². The molecule has 0 spiro atoms. The molecule has 114 heavy (non-hydrogen) atoms. The van der Waals surface area contributed by atoms with Crippen LogP contribution in [0.2, 0.25) is 0 Å². The number of carboxylic acids is 1. The molecule has 0 aromatic heterocycles. The van der Waals surface area contributed by atoms with Gasteiger partial charge in [0, 0.05) is 111 Å². The number of ketones is 4. The van der Waals surface area contributed by atoms with Gasteiger partial charge >= 0.3 is 12.1 Å². The smallest absolute Gasteiger partial charge is 0.410 e. The fourth-order valence-corrected chi connectivity index (χ4v) is 19.9. The topological polar surface area (TPSA) is 190 Å². The van der Waals surface area contributed by atoms with Crippen LogP contribution >= 0.6 is 24.8 Å². The normalized spacial score (nSPS) is 27.9. The average Bonchev–Trinajstić information content (AvgIpc) is 1.59. The van der Waals surface area contributed by atoms with Crippen molar-refractivity contribution in [2.45, 2.75) is 287 Å². The molecule has 12 unspecified atom stereocenters. The molecular weight excluding hydrogens is 1500 g/mol. The van der Waals surface area contributed by atoms with Gasteiger partial charge in [-0.2, -0.15) is 0 Å². The number of halogens is 6. The van der Waals surface area contributed by atoms with Crippen molar-refractivity contribution < 1.29 is 65.8 Å². The molecule has 4 aromatic carbocycles. The van der Waals surface area contributed by atoms with Crippen LogP contribution in [0.3, 0.4) is 0 Å². The SMILES string of the molecule is C.C.CC(C)(C)OC(=O)N1C2CCC1CC(CC(=O)c1ccccc1F)C2.CN1C2CCC1CC(=CC(=O)O)C2.CN1C2CCC1CC(=CC(=O)c1ccccc1F)C2.CN1C2CCC1CC(CC(=O)c1ccccc1F)C2.CON(C)C(=O)C=C1CC2CCC(C1)N2C.Cl.Cl.O=C(CC1CC2CCC(C1)N2)c1ccccc1F. The number of carbonyl (C=O) groups is 7. The third-order valence-corrected chi connectivity index (χ3v) is 25.8. The van der Waals surface area contributed by atoms with E-state index < -0.39 is 23.2 Å². The first-order valence-corrected chi connectivity index (χ1v) is 40.4. The predicted molar refractivity (Wildman–Crippen MR) is 445 cm³/mol. The van der Waals surface area contributed by atoms with E-state index in [0.717, 1.165) is 95.5 Å². The molecule has 17 nitrogen and oxygen atoms in total. The van der Waals surface area contributed by atoms with E-state index in [1.807, 2.05) is 25.7 Å². The largest absolute Gasteiger partial charge is 0.478 e. The summed E-state index contributed by atoms with van der Waals surface area (Å²) < 4.78 is 60.0. The number of likely N-dealkylation sites (N-methyl/N-ethyl adjacent to an activating group) is 1. The molecule has 0 aliphatic carbocycles. The van der Waals surface area contributed by atoms with Crippen molar-refractivity contribution in [1.82, 2.24) is 34.9 Å². The Kier molecular flexibility index (Phi) is 35.5. The summed E-state index contributed by atoms with van der Waals surface area (Å²) >= 11 is 0. The minimum Gasteiger partial charge on any atom is -0.478 e. The first kappa shape index (κ1) is 94.2. The molecule has 4 aromatic rings. The molecule has 0 radical (unpaired) electrons. The molecule has 628 valence electrons. The van der Waals surface area contributed by atoms with Gasteiger partial charge in [0.1, 0.15) is 28.9 Å². The maximum absolute atomic E-state index is 13.8. The van der Waals surface area contributed by atoms with Crippen molar-refractivity contribution in [3.8, 4) is 0 Å². The van der Waals surface area contributed by atoms with E-state index in [9.17, 15) is 51.1 Å². The summed E-state index contributed by atoms with van der Waals surface area (Å²) in [7, 11) is 11.9. The number of hydrogen-bond donors (Lipinski definition) is 2. The fraction of sp³-hybridized carbons (Fsp3) is 0.593. The number of hydrogen-bond acceptors (Lipinski definition) is 14. The lowest BCUT2D eigenvalue weighted by Gasteiger charge is -2.39. The van der Waals surface area contributed by atoms with E-state index in [4.69, 9.17) is 14.7 Å². The number of rotatable bonds is 14. The van der Waals surface area contributed by atoms with Crippen molar-refractivity contribution >= 4 is 65.9 Å². The lowest BCUT2D eigenvalue weighted by molar-refractivity contribution is -0.162. The van der Waals surface area contributed by atoms with Crippen LogP contribution in [0.1, 0.15) is 250 Å². The zero-order valence-electron chi connectivity index (χ0n) is 66.9. The molecule has 2 amide bonds. The van der Waals surface area contributed by atoms with Crippen molar-refractivity contribution in [2.75, 3.05) is 42.3 Å². The van der Waals surface area contributed by atoms with Crippen molar-refractivity contribution in [2.24, 2.45) is 17.8 Å². The van der Waals surface area contributed by atoms with E-state index in [-0.39, 0.29) is 127 Å². The number of allylic oxidation sites excluding steroid dienone is 1. The third kappa shape index (κ3) is 24.8. The zero-order chi connectivity index (χ0) is 78.7. The van der Waals surface area contributed by atoms with Crippen LogP contribution in [0.5, 0.6) is 0 Å². The van der Waals surface area contributed by atoms with E-state index in [2.05, 4.69) is 53.1 Å². The Labute approximate surface area is 687 Å². The average molecular weight is 1630 g/mol. The van der Waals surface area contributed by atoms with Crippen molar-refractivity contribution in [3.63, 3.8) is 0 Å². The Bertz CT molecular complexity index is 3940. The number of benzene rings is 4. The second-order valence-electron chi connectivity index (χ2n) is 34.3. The van der Waals surface area contributed by atoms with Gasteiger partial charge in [-0.1, -0.05) is 80.1 Å². The van der Waals surface area contributed by atoms with E-state index in [1.165, 1.54) is 118 Å². The van der Waals surface area contributed by atoms with Crippen LogP contribution in [0, 0.1) is 41.0 Å². The van der Waals surface area contributed by atoms with Gasteiger partial charge in [0.15, 0.2) is 23.1 Å². The quantitative estimate of drug-likeness (QED) is 0.0524. The molecule has 2 N–H and O–H groups in total. The Hall–Kier alpha value is -6.95. The highest BCUT2D eigenvalue weighted by Gasteiger charge is 2.46. The summed E-state index contributed by atoms with van der Waals surface area (Å²) in [6, 6.07) is 31.3. The maximum atomic E-state index is 13.8. The molecule has 12 aliphatic heterocycles. The van der Waals surface area contributed by atoms with Crippen molar-refractivity contribution in [3.05, 3.63) is 178 Å². The third-order valence-electron chi connectivity index (χ3n) is 25.8. The monoisotopic (exact) mass is 1620 g/mol. The molecule has 12 atom stereocenters. The Morgan fingerprint density at radius 1 is 0.439 bits per heavy atom. The number of carbonyl (C=O) groups excluding carboxylic acids is 6. The minimum absolute atomic E-state index is 0. The number of hydroxylamine groups is 2.